The van der Waals surface area contributed by atoms with Gasteiger partial charge in [0.05, 0.1) is 11.1 Å². The van der Waals surface area contributed by atoms with E-state index in [2.05, 4.69) is 0 Å². The Morgan fingerprint density at radius 1 is 0.889 bits per heavy atom. The monoisotopic (exact) mass is 270 g/mol. The number of benzene rings is 2. The largest absolute Gasteiger partial charge is 0.288 e. The van der Waals surface area contributed by atoms with E-state index in [9.17, 15) is 18.0 Å². The second kappa shape index (κ2) is 4.82. The summed E-state index contributed by atoms with van der Waals surface area (Å²) in [4.78, 5) is 11.9. The summed E-state index contributed by atoms with van der Waals surface area (Å²) in [7, 11) is 0. The lowest BCUT2D eigenvalue weighted by molar-refractivity contribution is 0.103. The Morgan fingerprint density at radius 3 is 2.28 bits per heavy atom. The Balaban J connectivity index is 2.51. The van der Waals surface area contributed by atoms with E-state index in [1.807, 2.05) is 0 Å². The van der Waals surface area contributed by atoms with Gasteiger partial charge in [0, 0.05) is 5.02 Å². The molecule has 0 radical (unpaired) electrons. The quantitative estimate of drug-likeness (QED) is 0.754. The second-order valence-corrected chi connectivity index (χ2v) is 4.01. The molecular formula is C13H6ClF3O. The lowest BCUT2D eigenvalue weighted by Crippen LogP contribution is -2.07. The molecule has 2 aromatic carbocycles. The summed E-state index contributed by atoms with van der Waals surface area (Å²) in [6, 6.07) is 5.79. The van der Waals surface area contributed by atoms with Crippen LogP contribution >= 0.6 is 11.6 Å². The lowest BCUT2D eigenvalue weighted by Gasteiger charge is -2.04. The third kappa shape index (κ3) is 2.38. The maximum Gasteiger partial charge on any atom is 0.199 e. The average Bonchev–Trinajstić information content (AvgIpc) is 2.31. The highest BCUT2D eigenvalue weighted by atomic mass is 35.5. The lowest BCUT2D eigenvalue weighted by atomic mass is 10.0. The summed E-state index contributed by atoms with van der Waals surface area (Å²) in [5, 5.41) is 0.115. The minimum Gasteiger partial charge on any atom is -0.288 e. The summed E-state index contributed by atoms with van der Waals surface area (Å²) in [5.74, 6) is -3.48. The molecule has 2 rings (SSSR count). The van der Waals surface area contributed by atoms with Crippen LogP contribution in [0.5, 0.6) is 0 Å². The average molecular weight is 271 g/mol. The van der Waals surface area contributed by atoms with E-state index in [1.165, 1.54) is 6.07 Å². The van der Waals surface area contributed by atoms with Crippen LogP contribution in [0.25, 0.3) is 0 Å². The fraction of sp³-hybridized carbons (Fsp3) is 0. The number of halogens is 4. The molecule has 0 fully saturated rings. The first kappa shape index (κ1) is 12.6. The zero-order chi connectivity index (χ0) is 13.3. The van der Waals surface area contributed by atoms with Crippen LogP contribution in [0.1, 0.15) is 15.9 Å². The summed E-state index contributed by atoms with van der Waals surface area (Å²) < 4.78 is 39.8. The predicted octanol–water partition coefficient (Wildman–Crippen LogP) is 3.99. The molecule has 5 heteroatoms. The van der Waals surface area contributed by atoms with Crippen molar-refractivity contribution in [2.24, 2.45) is 0 Å². The van der Waals surface area contributed by atoms with Gasteiger partial charge in [-0.05, 0) is 36.4 Å². The van der Waals surface area contributed by atoms with Gasteiger partial charge in [-0.1, -0.05) is 11.6 Å². The van der Waals surface area contributed by atoms with Crippen LogP contribution < -0.4 is 0 Å². The SMILES string of the molecule is O=C(c1ccc(Cl)cc1F)c1cc(F)ccc1F. The van der Waals surface area contributed by atoms with Gasteiger partial charge in [0.1, 0.15) is 17.5 Å². The van der Waals surface area contributed by atoms with E-state index in [1.54, 1.807) is 0 Å². The van der Waals surface area contributed by atoms with Crippen molar-refractivity contribution >= 4 is 17.4 Å². The van der Waals surface area contributed by atoms with Crippen LogP contribution in [0.3, 0.4) is 0 Å². The minimum absolute atomic E-state index is 0.115. The summed E-state index contributed by atoms with van der Waals surface area (Å²) in [6.45, 7) is 0. The van der Waals surface area contributed by atoms with Crippen molar-refractivity contribution in [3.8, 4) is 0 Å². The molecule has 0 heterocycles. The highest BCUT2D eigenvalue weighted by Gasteiger charge is 2.18. The Bertz CT molecular complexity index is 626. The predicted molar refractivity (Wildman–Crippen MR) is 61.2 cm³/mol. The second-order valence-electron chi connectivity index (χ2n) is 3.58. The molecule has 0 aliphatic rings. The highest BCUT2D eigenvalue weighted by Crippen LogP contribution is 2.20. The van der Waals surface area contributed by atoms with E-state index in [0.29, 0.717) is 0 Å². The van der Waals surface area contributed by atoms with Crippen molar-refractivity contribution in [2.45, 2.75) is 0 Å². The molecule has 92 valence electrons. The van der Waals surface area contributed by atoms with Crippen molar-refractivity contribution < 1.29 is 18.0 Å². The van der Waals surface area contributed by atoms with Gasteiger partial charge < -0.3 is 0 Å². The van der Waals surface area contributed by atoms with Gasteiger partial charge in [0.25, 0.3) is 0 Å². The molecule has 0 aromatic heterocycles. The van der Waals surface area contributed by atoms with E-state index in [0.717, 1.165) is 30.3 Å². The van der Waals surface area contributed by atoms with Crippen molar-refractivity contribution in [1.82, 2.24) is 0 Å². The van der Waals surface area contributed by atoms with E-state index >= 15 is 0 Å². The van der Waals surface area contributed by atoms with Crippen molar-refractivity contribution in [3.05, 3.63) is 70.0 Å². The van der Waals surface area contributed by atoms with Crippen LogP contribution in [0.15, 0.2) is 36.4 Å². The van der Waals surface area contributed by atoms with Crippen molar-refractivity contribution in [1.29, 1.82) is 0 Å². The number of carbonyl (C=O) groups excluding carboxylic acids is 1. The molecule has 0 aliphatic carbocycles. The van der Waals surface area contributed by atoms with Crippen LogP contribution in [-0.2, 0) is 0 Å². The first-order chi connectivity index (χ1) is 8.49. The zero-order valence-corrected chi connectivity index (χ0v) is 9.64. The molecular weight excluding hydrogens is 265 g/mol. The van der Waals surface area contributed by atoms with Gasteiger partial charge in [0.15, 0.2) is 5.78 Å². The molecule has 0 bridgehead atoms. The molecule has 1 nitrogen and oxygen atoms in total. The molecule has 2 aromatic rings. The Kier molecular flexibility index (Phi) is 3.39. The topological polar surface area (TPSA) is 17.1 Å². The third-order valence-corrected chi connectivity index (χ3v) is 2.58. The molecule has 0 saturated heterocycles. The number of hydrogen-bond donors (Lipinski definition) is 0. The third-order valence-electron chi connectivity index (χ3n) is 2.35. The van der Waals surface area contributed by atoms with Crippen LogP contribution in [-0.4, -0.2) is 5.78 Å². The van der Waals surface area contributed by atoms with E-state index < -0.39 is 28.8 Å². The van der Waals surface area contributed by atoms with E-state index in [-0.39, 0.29) is 10.6 Å². The molecule has 0 spiro atoms. The highest BCUT2D eigenvalue weighted by molar-refractivity contribution is 6.30. The Labute approximate surface area is 106 Å². The normalized spacial score (nSPS) is 10.4. The maximum absolute atomic E-state index is 13.5. The van der Waals surface area contributed by atoms with Crippen LogP contribution in [0.4, 0.5) is 13.2 Å². The van der Waals surface area contributed by atoms with Gasteiger partial charge in [-0.2, -0.15) is 0 Å². The van der Waals surface area contributed by atoms with Gasteiger partial charge in [-0.3, -0.25) is 4.79 Å². The van der Waals surface area contributed by atoms with Crippen molar-refractivity contribution in [3.63, 3.8) is 0 Å². The van der Waals surface area contributed by atoms with Crippen molar-refractivity contribution in [2.75, 3.05) is 0 Å². The van der Waals surface area contributed by atoms with Gasteiger partial charge >= 0.3 is 0 Å². The van der Waals surface area contributed by atoms with Crippen LogP contribution in [0, 0.1) is 17.5 Å². The molecule has 0 N–H and O–H groups in total. The molecule has 0 saturated carbocycles. The number of carbonyl (C=O) groups is 1. The summed E-state index contributed by atoms with van der Waals surface area (Å²) in [6.07, 6.45) is 0. The molecule has 18 heavy (non-hydrogen) atoms. The number of rotatable bonds is 2. The zero-order valence-electron chi connectivity index (χ0n) is 8.88. The molecule has 0 amide bonds. The number of ketones is 1. The maximum atomic E-state index is 13.5. The first-order valence-electron chi connectivity index (χ1n) is 4.94. The minimum atomic E-state index is -0.929. The van der Waals surface area contributed by atoms with E-state index in [4.69, 9.17) is 11.6 Å². The Hall–Kier alpha value is -1.81. The molecule has 0 aliphatic heterocycles. The number of hydrogen-bond acceptors (Lipinski definition) is 1. The standard InChI is InChI=1S/C13H6ClF3O/c14-7-1-3-9(12(17)5-7)13(18)10-6-8(15)2-4-11(10)16/h1-6H. The fourth-order valence-electron chi connectivity index (χ4n) is 1.49. The fourth-order valence-corrected chi connectivity index (χ4v) is 1.65. The van der Waals surface area contributed by atoms with Gasteiger partial charge in [-0.25, -0.2) is 13.2 Å². The Morgan fingerprint density at radius 2 is 1.61 bits per heavy atom. The van der Waals surface area contributed by atoms with Gasteiger partial charge in [0.2, 0.25) is 0 Å². The summed E-state index contributed by atoms with van der Waals surface area (Å²) in [5.41, 5.74) is -0.875. The summed E-state index contributed by atoms with van der Waals surface area (Å²) >= 11 is 5.54. The smallest absolute Gasteiger partial charge is 0.199 e. The first-order valence-corrected chi connectivity index (χ1v) is 5.31. The molecule has 0 atom stereocenters. The van der Waals surface area contributed by atoms with Crippen LogP contribution in [0.2, 0.25) is 5.02 Å². The van der Waals surface area contributed by atoms with Gasteiger partial charge in [-0.15, -0.1) is 0 Å². The molecule has 0 unspecified atom stereocenters.